The van der Waals surface area contributed by atoms with Crippen LogP contribution in [0.15, 0.2) is 36.0 Å². The van der Waals surface area contributed by atoms with E-state index in [2.05, 4.69) is 44.2 Å². The number of aromatic nitrogens is 2. The second-order valence-corrected chi connectivity index (χ2v) is 5.87. The van der Waals surface area contributed by atoms with Gasteiger partial charge in [0, 0.05) is 43.1 Å². The Labute approximate surface area is 115 Å². The van der Waals surface area contributed by atoms with Crippen LogP contribution in [0.4, 0.5) is 5.69 Å². The predicted molar refractivity (Wildman–Crippen MR) is 76.9 cm³/mol. The van der Waals surface area contributed by atoms with E-state index in [9.17, 15) is 0 Å². The van der Waals surface area contributed by atoms with Gasteiger partial charge in [-0.25, -0.2) is 4.98 Å². The Morgan fingerprint density at radius 3 is 3.05 bits per heavy atom. The number of imidazole rings is 1. The van der Waals surface area contributed by atoms with Crippen LogP contribution < -0.4 is 5.73 Å². The van der Waals surface area contributed by atoms with Crippen LogP contribution in [0.2, 0.25) is 0 Å². The Kier molecular flexibility index (Phi) is 2.36. The molecular weight excluding hydrogens is 256 g/mol. The van der Waals surface area contributed by atoms with Gasteiger partial charge in [-0.15, -0.1) is 11.3 Å². The van der Waals surface area contributed by atoms with Gasteiger partial charge < -0.3 is 5.73 Å². The van der Waals surface area contributed by atoms with Crippen molar-refractivity contribution in [1.29, 1.82) is 0 Å². The lowest BCUT2D eigenvalue weighted by atomic mass is 10.1. The molecule has 0 saturated heterocycles. The van der Waals surface area contributed by atoms with E-state index in [4.69, 9.17) is 5.73 Å². The molecule has 2 N–H and O–H groups in total. The first-order valence-electron chi connectivity index (χ1n) is 6.29. The van der Waals surface area contributed by atoms with E-state index in [1.54, 1.807) is 11.3 Å². The van der Waals surface area contributed by atoms with E-state index in [1.165, 1.54) is 11.1 Å². The minimum absolute atomic E-state index is 0.850. The van der Waals surface area contributed by atoms with Crippen molar-refractivity contribution in [1.82, 2.24) is 14.3 Å². The van der Waals surface area contributed by atoms with Crippen molar-refractivity contribution in [2.24, 2.45) is 0 Å². The zero-order valence-electron chi connectivity index (χ0n) is 10.4. The third kappa shape index (κ3) is 1.91. The SMILES string of the molecule is Nc1ccc2c(c1)CN(Cc1cn3ccsc3n1)C2. The molecule has 4 nitrogen and oxygen atoms in total. The van der Waals surface area contributed by atoms with Crippen LogP contribution in [0, 0.1) is 0 Å². The number of nitrogens with zero attached hydrogens (tertiary/aromatic N) is 3. The Hall–Kier alpha value is -1.85. The lowest BCUT2D eigenvalue weighted by Crippen LogP contribution is -2.15. The molecule has 0 atom stereocenters. The highest BCUT2D eigenvalue weighted by molar-refractivity contribution is 7.15. The maximum Gasteiger partial charge on any atom is 0.193 e. The average molecular weight is 270 g/mol. The molecule has 19 heavy (non-hydrogen) atoms. The molecule has 3 heterocycles. The minimum Gasteiger partial charge on any atom is -0.399 e. The summed E-state index contributed by atoms with van der Waals surface area (Å²) in [5, 5.41) is 2.06. The van der Waals surface area contributed by atoms with Gasteiger partial charge in [0.15, 0.2) is 4.96 Å². The molecular formula is C14H14N4S. The van der Waals surface area contributed by atoms with Gasteiger partial charge >= 0.3 is 0 Å². The number of fused-ring (bicyclic) bond motifs is 2. The van der Waals surface area contributed by atoms with Crippen LogP contribution in [-0.4, -0.2) is 14.3 Å². The molecule has 0 bridgehead atoms. The van der Waals surface area contributed by atoms with Crippen LogP contribution in [0.3, 0.4) is 0 Å². The van der Waals surface area contributed by atoms with Crippen LogP contribution in [-0.2, 0) is 19.6 Å². The van der Waals surface area contributed by atoms with Gasteiger partial charge in [-0.2, -0.15) is 0 Å². The second kappa shape index (κ2) is 4.08. The van der Waals surface area contributed by atoms with Crippen LogP contribution in [0.25, 0.3) is 4.96 Å². The summed E-state index contributed by atoms with van der Waals surface area (Å²) >= 11 is 1.67. The van der Waals surface area contributed by atoms with Gasteiger partial charge in [0.2, 0.25) is 0 Å². The highest BCUT2D eigenvalue weighted by Gasteiger charge is 2.19. The third-order valence-electron chi connectivity index (χ3n) is 3.55. The Bertz CT molecular complexity index is 714. The molecule has 1 aromatic carbocycles. The fourth-order valence-electron chi connectivity index (χ4n) is 2.68. The van der Waals surface area contributed by atoms with Crippen molar-refractivity contribution in [3.63, 3.8) is 0 Å². The third-order valence-corrected chi connectivity index (χ3v) is 4.32. The monoisotopic (exact) mass is 270 g/mol. The fraction of sp³-hybridized carbons (Fsp3) is 0.214. The maximum atomic E-state index is 5.83. The molecule has 0 saturated carbocycles. The van der Waals surface area contributed by atoms with Gasteiger partial charge in [0.1, 0.15) is 0 Å². The summed E-state index contributed by atoms with van der Waals surface area (Å²) in [6.07, 6.45) is 4.17. The van der Waals surface area contributed by atoms with Gasteiger partial charge in [-0.1, -0.05) is 6.07 Å². The number of nitrogen functional groups attached to an aromatic ring is 1. The molecule has 0 amide bonds. The fourth-order valence-corrected chi connectivity index (χ4v) is 3.40. The van der Waals surface area contributed by atoms with Gasteiger partial charge in [-0.05, 0) is 23.3 Å². The Morgan fingerprint density at radius 2 is 2.16 bits per heavy atom. The molecule has 2 aromatic heterocycles. The summed E-state index contributed by atoms with van der Waals surface area (Å²) in [4.78, 5) is 8.10. The molecule has 3 aromatic rings. The normalized spacial score (nSPS) is 15.2. The summed E-state index contributed by atoms with van der Waals surface area (Å²) in [6.45, 7) is 2.84. The first-order valence-corrected chi connectivity index (χ1v) is 7.16. The summed E-state index contributed by atoms with van der Waals surface area (Å²) in [7, 11) is 0. The number of thiazole rings is 1. The molecule has 0 spiro atoms. The largest absolute Gasteiger partial charge is 0.399 e. The van der Waals surface area contributed by atoms with Crippen LogP contribution in [0.5, 0.6) is 0 Å². The molecule has 0 fully saturated rings. The van der Waals surface area contributed by atoms with E-state index < -0.39 is 0 Å². The molecule has 4 rings (SSSR count). The van der Waals surface area contributed by atoms with Crippen molar-refractivity contribution in [3.05, 3.63) is 52.8 Å². The quantitative estimate of drug-likeness (QED) is 0.728. The Morgan fingerprint density at radius 1 is 1.26 bits per heavy atom. The molecule has 0 radical (unpaired) electrons. The summed E-state index contributed by atoms with van der Waals surface area (Å²) in [5.41, 5.74) is 10.5. The molecule has 0 aliphatic carbocycles. The maximum absolute atomic E-state index is 5.83. The number of rotatable bonds is 2. The van der Waals surface area contributed by atoms with E-state index in [-0.39, 0.29) is 0 Å². The molecule has 1 aliphatic heterocycles. The highest BCUT2D eigenvalue weighted by atomic mass is 32.1. The smallest absolute Gasteiger partial charge is 0.193 e. The average Bonchev–Trinajstić information content (AvgIpc) is 3.01. The van der Waals surface area contributed by atoms with E-state index in [0.29, 0.717) is 0 Å². The van der Waals surface area contributed by atoms with Crippen molar-refractivity contribution in [3.8, 4) is 0 Å². The number of nitrogens with two attached hydrogens (primary N) is 1. The number of benzene rings is 1. The first kappa shape index (κ1) is 11.0. The summed E-state index contributed by atoms with van der Waals surface area (Å²) in [5.74, 6) is 0. The molecule has 96 valence electrons. The van der Waals surface area contributed by atoms with Crippen LogP contribution in [0.1, 0.15) is 16.8 Å². The number of hydrogen-bond donors (Lipinski definition) is 1. The first-order chi connectivity index (χ1) is 9.28. The zero-order chi connectivity index (χ0) is 12.8. The zero-order valence-corrected chi connectivity index (χ0v) is 11.2. The van der Waals surface area contributed by atoms with Crippen molar-refractivity contribution < 1.29 is 0 Å². The lowest BCUT2D eigenvalue weighted by molar-refractivity contribution is 0.272. The Balaban J connectivity index is 1.55. The number of hydrogen-bond acceptors (Lipinski definition) is 4. The van der Waals surface area contributed by atoms with Gasteiger partial charge in [0.25, 0.3) is 0 Å². The van der Waals surface area contributed by atoms with Crippen molar-refractivity contribution in [2.45, 2.75) is 19.6 Å². The summed E-state index contributed by atoms with van der Waals surface area (Å²) in [6, 6.07) is 6.20. The van der Waals surface area contributed by atoms with Gasteiger partial charge in [-0.3, -0.25) is 9.30 Å². The van der Waals surface area contributed by atoms with E-state index >= 15 is 0 Å². The van der Waals surface area contributed by atoms with E-state index in [0.717, 1.165) is 36.0 Å². The highest BCUT2D eigenvalue weighted by Crippen LogP contribution is 2.26. The second-order valence-electron chi connectivity index (χ2n) is 5.00. The molecule has 0 unspecified atom stereocenters. The molecule has 1 aliphatic rings. The number of anilines is 1. The topological polar surface area (TPSA) is 46.6 Å². The predicted octanol–water partition coefficient (Wildman–Crippen LogP) is 2.49. The van der Waals surface area contributed by atoms with Crippen molar-refractivity contribution in [2.75, 3.05) is 5.73 Å². The lowest BCUT2D eigenvalue weighted by Gasteiger charge is -2.12. The molecule has 5 heteroatoms. The minimum atomic E-state index is 0.850. The standard InChI is InChI=1S/C14H14N4S/c15-12-2-1-10-6-17(7-11(10)5-12)8-13-9-18-3-4-19-14(18)16-13/h1-5,9H,6-8,15H2. The van der Waals surface area contributed by atoms with Gasteiger partial charge in [0.05, 0.1) is 5.69 Å². The van der Waals surface area contributed by atoms with Crippen molar-refractivity contribution >= 4 is 22.0 Å². The summed E-state index contributed by atoms with van der Waals surface area (Å²) < 4.78 is 2.08. The van der Waals surface area contributed by atoms with Crippen LogP contribution >= 0.6 is 11.3 Å². The van der Waals surface area contributed by atoms with E-state index in [1.807, 2.05) is 6.07 Å².